The summed E-state index contributed by atoms with van der Waals surface area (Å²) >= 11 is 2.68. The molecule has 11 heteroatoms. The van der Waals surface area contributed by atoms with Crippen LogP contribution in [0.4, 0.5) is 5.82 Å². The molecule has 9 nitrogen and oxygen atoms in total. The van der Waals surface area contributed by atoms with Crippen molar-refractivity contribution in [3.63, 3.8) is 0 Å². The Morgan fingerprint density at radius 3 is 2.53 bits per heavy atom. The second kappa shape index (κ2) is 8.36. The van der Waals surface area contributed by atoms with Gasteiger partial charge in [0.25, 0.3) is 11.1 Å². The van der Waals surface area contributed by atoms with Gasteiger partial charge in [0, 0.05) is 25.5 Å². The Labute approximate surface area is 191 Å². The number of nitrogens with zero attached hydrogens (tertiary/aromatic N) is 4. The number of ketones is 1. The first-order valence-corrected chi connectivity index (χ1v) is 12.2. The fourth-order valence-corrected chi connectivity index (χ4v) is 6.43. The summed E-state index contributed by atoms with van der Waals surface area (Å²) in [6.07, 6.45) is 4.05. The first kappa shape index (κ1) is 22.5. The first-order valence-electron chi connectivity index (χ1n) is 10.5. The molecule has 0 saturated heterocycles. The highest BCUT2D eigenvalue weighted by Gasteiger charge is 2.28. The van der Waals surface area contributed by atoms with Gasteiger partial charge < -0.3 is 5.73 Å². The maximum atomic E-state index is 13.3. The van der Waals surface area contributed by atoms with Gasteiger partial charge in [-0.3, -0.25) is 28.1 Å². The van der Waals surface area contributed by atoms with E-state index in [4.69, 9.17) is 10.7 Å². The van der Waals surface area contributed by atoms with E-state index >= 15 is 0 Å². The second-order valence-corrected chi connectivity index (χ2v) is 10.3. The molecule has 1 unspecified atom stereocenters. The quantitative estimate of drug-likeness (QED) is 0.339. The number of aryl methyl sites for hydroxylation is 2. The van der Waals surface area contributed by atoms with Gasteiger partial charge in [-0.05, 0) is 45.1 Å². The number of hydrogen-bond acceptors (Lipinski definition) is 8. The lowest BCUT2D eigenvalue weighted by molar-refractivity contribution is 0.0992. The standard InChI is InChI=1S/C21H25N5O4S2/c1-5-26-19(29)13-11-8-6-7-9-12(11)32-17(13)23-20(26)31-10(2)15(27)14-16(22)24(3)21(30)25(4)18(14)28/h10H,5-9,22H2,1-4H3. The fourth-order valence-electron chi connectivity index (χ4n) is 4.10. The van der Waals surface area contributed by atoms with Crippen LogP contribution in [-0.4, -0.2) is 29.7 Å². The zero-order chi connectivity index (χ0) is 23.3. The molecule has 0 aromatic carbocycles. The van der Waals surface area contributed by atoms with Gasteiger partial charge in [0.15, 0.2) is 10.9 Å². The number of rotatable bonds is 5. The molecule has 0 amide bonds. The van der Waals surface area contributed by atoms with E-state index in [0.717, 1.165) is 52.1 Å². The summed E-state index contributed by atoms with van der Waals surface area (Å²) in [6, 6.07) is 0. The van der Waals surface area contributed by atoms with Crippen molar-refractivity contribution in [2.75, 3.05) is 5.73 Å². The number of aromatic nitrogens is 4. The van der Waals surface area contributed by atoms with Crippen molar-refractivity contribution in [2.24, 2.45) is 14.1 Å². The minimum absolute atomic E-state index is 0.0865. The Bertz CT molecular complexity index is 1430. The topological polar surface area (TPSA) is 122 Å². The highest BCUT2D eigenvalue weighted by molar-refractivity contribution is 8.00. The van der Waals surface area contributed by atoms with Crippen LogP contribution in [0.3, 0.4) is 0 Å². The van der Waals surface area contributed by atoms with Crippen LogP contribution in [0, 0.1) is 0 Å². The molecule has 3 aromatic rings. The van der Waals surface area contributed by atoms with E-state index < -0.39 is 22.3 Å². The molecule has 1 aliphatic rings. The highest BCUT2D eigenvalue weighted by atomic mass is 32.2. The number of thiophene rings is 1. The molecule has 0 spiro atoms. The van der Waals surface area contributed by atoms with Crippen molar-refractivity contribution < 1.29 is 4.79 Å². The van der Waals surface area contributed by atoms with E-state index in [9.17, 15) is 19.2 Å². The van der Waals surface area contributed by atoms with Gasteiger partial charge in [-0.1, -0.05) is 11.8 Å². The number of carbonyl (C=O) groups is 1. The lowest BCUT2D eigenvalue weighted by Gasteiger charge is -2.16. The minimum Gasteiger partial charge on any atom is -0.384 e. The van der Waals surface area contributed by atoms with Gasteiger partial charge in [-0.25, -0.2) is 9.78 Å². The van der Waals surface area contributed by atoms with Gasteiger partial charge in [-0.2, -0.15) is 0 Å². The van der Waals surface area contributed by atoms with Crippen LogP contribution in [0.15, 0.2) is 19.5 Å². The third kappa shape index (κ3) is 3.43. The third-order valence-corrected chi connectivity index (χ3v) is 8.24. The summed E-state index contributed by atoms with van der Waals surface area (Å²) < 4.78 is 3.53. The Kier molecular flexibility index (Phi) is 5.89. The molecule has 0 radical (unpaired) electrons. The van der Waals surface area contributed by atoms with Gasteiger partial charge in [0.1, 0.15) is 16.2 Å². The Morgan fingerprint density at radius 1 is 1.16 bits per heavy atom. The van der Waals surface area contributed by atoms with Gasteiger partial charge >= 0.3 is 5.69 Å². The maximum absolute atomic E-state index is 13.3. The molecule has 1 atom stereocenters. The van der Waals surface area contributed by atoms with E-state index in [0.29, 0.717) is 21.9 Å². The number of fused-ring (bicyclic) bond motifs is 3. The van der Waals surface area contributed by atoms with E-state index in [1.165, 1.54) is 19.0 Å². The third-order valence-electron chi connectivity index (χ3n) is 5.96. The van der Waals surface area contributed by atoms with E-state index in [2.05, 4.69) is 0 Å². The SMILES string of the molecule is CCn1c(SC(C)C(=O)c2c(N)n(C)c(=O)n(C)c2=O)nc2sc3c(c2c1=O)CCCC3. The van der Waals surface area contributed by atoms with Crippen molar-refractivity contribution in [3.8, 4) is 0 Å². The summed E-state index contributed by atoms with van der Waals surface area (Å²) in [7, 11) is 2.72. The zero-order valence-corrected chi connectivity index (χ0v) is 20.1. The molecule has 3 heterocycles. The average Bonchev–Trinajstić information content (AvgIpc) is 3.15. The number of carbonyl (C=O) groups excluding carboxylic acids is 1. The largest absolute Gasteiger partial charge is 0.384 e. The van der Waals surface area contributed by atoms with Crippen LogP contribution in [0.1, 0.15) is 47.5 Å². The molecule has 32 heavy (non-hydrogen) atoms. The molecular formula is C21H25N5O4S2. The number of nitrogens with two attached hydrogens (primary N) is 1. The van der Waals surface area contributed by atoms with Crippen molar-refractivity contribution in [2.45, 2.75) is 56.5 Å². The normalized spacial score (nSPS) is 14.5. The van der Waals surface area contributed by atoms with E-state index in [-0.39, 0.29) is 16.9 Å². The van der Waals surface area contributed by atoms with Crippen LogP contribution >= 0.6 is 23.1 Å². The van der Waals surface area contributed by atoms with Crippen LogP contribution in [0.25, 0.3) is 10.2 Å². The monoisotopic (exact) mass is 475 g/mol. The van der Waals surface area contributed by atoms with Crippen LogP contribution in [0.2, 0.25) is 0 Å². The molecule has 2 N–H and O–H groups in total. The van der Waals surface area contributed by atoms with Crippen LogP contribution in [-0.2, 0) is 33.5 Å². The highest BCUT2D eigenvalue weighted by Crippen LogP contribution is 2.35. The van der Waals surface area contributed by atoms with Crippen molar-refractivity contribution in [1.29, 1.82) is 0 Å². The number of Topliss-reactive ketones (excluding diaryl/α,β-unsaturated/α-hetero) is 1. The van der Waals surface area contributed by atoms with Crippen LogP contribution in [0.5, 0.6) is 0 Å². The first-order chi connectivity index (χ1) is 15.2. The number of nitrogen functional groups attached to an aromatic ring is 1. The van der Waals surface area contributed by atoms with Gasteiger partial charge in [0.05, 0.1) is 10.6 Å². The predicted octanol–water partition coefficient (Wildman–Crippen LogP) is 1.70. The molecule has 1 aliphatic carbocycles. The maximum Gasteiger partial charge on any atom is 0.332 e. The molecule has 0 fully saturated rings. The molecule has 4 rings (SSSR count). The summed E-state index contributed by atoms with van der Waals surface area (Å²) in [5, 5.41) is 0.398. The Morgan fingerprint density at radius 2 is 1.84 bits per heavy atom. The summed E-state index contributed by atoms with van der Waals surface area (Å²) in [6.45, 7) is 3.93. The van der Waals surface area contributed by atoms with Gasteiger partial charge in [-0.15, -0.1) is 11.3 Å². The molecule has 3 aromatic heterocycles. The smallest absolute Gasteiger partial charge is 0.332 e. The van der Waals surface area contributed by atoms with Gasteiger partial charge in [0.2, 0.25) is 0 Å². The molecule has 0 aliphatic heterocycles. The van der Waals surface area contributed by atoms with Crippen molar-refractivity contribution in [3.05, 3.63) is 47.2 Å². The Balaban J connectivity index is 1.77. The lowest BCUT2D eigenvalue weighted by atomic mass is 9.97. The minimum atomic E-state index is -0.737. The molecule has 0 bridgehead atoms. The fraction of sp³-hybridized carbons (Fsp3) is 0.476. The number of hydrogen-bond donors (Lipinski definition) is 1. The lowest BCUT2D eigenvalue weighted by Crippen LogP contribution is -2.42. The van der Waals surface area contributed by atoms with Crippen molar-refractivity contribution in [1.82, 2.24) is 18.7 Å². The molecule has 170 valence electrons. The zero-order valence-electron chi connectivity index (χ0n) is 18.4. The average molecular weight is 476 g/mol. The Hall–Kier alpha value is -2.66. The summed E-state index contributed by atoms with van der Waals surface area (Å²) in [5.41, 5.74) is 5.42. The van der Waals surface area contributed by atoms with Crippen LogP contribution < -0.4 is 22.5 Å². The number of anilines is 1. The van der Waals surface area contributed by atoms with Crippen molar-refractivity contribution >= 4 is 44.9 Å². The molecular weight excluding hydrogens is 450 g/mol. The molecule has 0 saturated carbocycles. The van der Waals surface area contributed by atoms with E-state index in [1.54, 1.807) is 22.8 Å². The second-order valence-electron chi connectivity index (χ2n) is 7.93. The predicted molar refractivity (Wildman–Crippen MR) is 127 cm³/mol. The van der Waals surface area contributed by atoms with E-state index in [1.807, 2.05) is 6.92 Å². The summed E-state index contributed by atoms with van der Waals surface area (Å²) in [5.74, 6) is -0.677. The summed E-state index contributed by atoms with van der Waals surface area (Å²) in [4.78, 5) is 57.8. The number of thioether (sulfide) groups is 1.